The topological polar surface area (TPSA) is 99.3 Å². The highest BCUT2D eigenvalue weighted by molar-refractivity contribution is 7.91. The summed E-state index contributed by atoms with van der Waals surface area (Å²) in [6, 6.07) is 6.33. The molecule has 2 rings (SSSR count). The first-order valence-corrected chi connectivity index (χ1v) is 9.98. The van der Waals surface area contributed by atoms with Crippen LogP contribution in [0.1, 0.15) is 24.4 Å². The molecular weight excluding hydrogens is 384 g/mol. The van der Waals surface area contributed by atoms with Gasteiger partial charge in [0.15, 0.2) is 5.03 Å². The SMILES string of the molecule is CCOC(=O)/C(=C(/C)N)c1nc(S(=O)(=O)c2ccc(C)cc2)c(Cl)s1. The number of aryl methyl sites for hydroxylation is 1. The van der Waals surface area contributed by atoms with Crippen molar-refractivity contribution < 1.29 is 17.9 Å². The van der Waals surface area contributed by atoms with Crippen molar-refractivity contribution >= 4 is 44.3 Å². The molecule has 0 saturated heterocycles. The van der Waals surface area contributed by atoms with Crippen molar-refractivity contribution in [3.8, 4) is 0 Å². The number of hydrogen-bond donors (Lipinski definition) is 1. The van der Waals surface area contributed by atoms with E-state index in [1.165, 1.54) is 19.1 Å². The van der Waals surface area contributed by atoms with Gasteiger partial charge < -0.3 is 10.5 Å². The second-order valence-corrected chi connectivity index (χ2v) is 8.66. The average Bonchev–Trinajstić information content (AvgIpc) is 2.90. The van der Waals surface area contributed by atoms with Crippen LogP contribution >= 0.6 is 22.9 Å². The van der Waals surface area contributed by atoms with Gasteiger partial charge in [0.1, 0.15) is 14.9 Å². The van der Waals surface area contributed by atoms with Crippen LogP contribution < -0.4 is 5.73 Å². The Hall–Kier alpha value is -1.90. The molecule has 1 aromatic carbocycles. The summed E-state index contributed by atoms with van der Waals surface area (Å²) in [5.74, 6) is -0.674. The molecule has 0 spiro atoms. The zero-order valence-corrected chi connectivity index (χ0v) is 16.3. The molecule has 0 bridgehead atoms. The smallest absolute Gasteiger partial charge is 0.342 e. The van der Waals surface area contributed by atoms with E-state index in [2.05, 4.69) is 4.98 Å². The first-order valence-electron chi connectivity index (χ1n) is 7.30. The van der Waals surface area contributed by atoms with Crippen LogP contribution in [0.4, 0.5) is 0 Å². The number of halogens is 1. The third-order valence-corrected chi connectivity index (χ3v) is 6.44. The van der Waals surface area contributed by atoms with Crippen molar-refractivity contribution in [2.45, 2.75) is 30.7 Å². The van der Waals surface area contributed by atoms with Gasteiger partial charge in [0.25, 0.3) is 0 Å². The summed E-state index contributed by atoms with van der Waals surface area (Å²) in [4.78, 5) is 16.2. The molecule has 2 aromatic rings. The summed E-state index contributed by atoms with van der Waals surface area (Å²) >= 11 is 6.97. The zero-order valence-electron chi connectivity index (χ0n) is 13.9. The number of aromatic nitrogens is 1. The van der Waals surface area contributed by atoms with Crippen molar-refractivity contribution in [1.82, 2.24) is 4.98 Å². The molecular formula is C16H17ClN2O4S2. The Morgan fingerprint density at radius 2 is 1.92 bits per heavy atom. The van der Waals surface area contributed by atoms with Crippen LogP contribution in [-0.2, 0) is 19.4 Å². The Morgan fingerprint density at radius 3 is 2.44 bits per heavy atom. The molecule has 2 N–H and O–H groups in total. The number of sulfone groups is 1. The summed E-state index contributed by atoms with van der Waals surface area (Å²) in [5, 5.41) is -0.199. The molecule has 0 unspecified atom stereocenters. The van der Waals surface area contributed by atoms with Gasteiger partial charge in [0.05, 0.1) is 11.5 Å². The molecule has 134 valence electrons. The summed E-state index contributed by atoms with van der Waals surface area (Å²) in [5.41, 5.74) is 6.86. The molecule has 25 heavy (non-hydrogen) atoms. The quantitative estimate of drug-likeness (QED) is 0.611. The minimum absolute atomic E-state index is 0.0131. The van der Waals surface area contributed by atoms with Crippen LogP contribution in [-0.4, -0.2) is 26.0 Å². The van der Waals surface area contributed by atoms with E-state index in [9.17, 15) is 13.2 Å². The molecule has 0 fully saturated rings. The van der Waals surface area contributed by atoms with Crippen LogP contribution in [0.25, 0.3) is 5.57 Å². The highest BCUT2D eigenvalue weighted by Gasteiger charge is 2.29. The Bertz CT molecular complexity index is 928. The van der Waals surface area contributed by atoms with Gasteiger partial charge in [0, 0.05) is 5.70 Å². The van der Waals surface area contributed by atoms with Crippen LogP contribution in [0, 0.1) is 6.92 Å². The molecule has 0 saturated carbocycles. The largest absolute Gasteiger partial charge is 0.462 e. The van der Waals surface area contributed by atoms with E-state index in [1.807, 2.05) is 6.92 Å². The molecule has 0 radical (unpaired) electrons. The lowest BCUT2D eigenvalue weighted by Gasteiger charge is -2.06. The van der Waals surface area contributed by atoms with Gasteiger partial charge in [-0.3, -0.25) is 0 Å². The fourth-order valence-corrected chi connectivity index (χ4v) is 5.01. The van der Waals surface area contributed by atoms with E-state index in [1.54, 1.807) is 19.1 Å². The lowest BCUT2D eigenvalue weighted by Crippen LogP contribution is -2.12. The number of nitrogens with two attached hydrogens (primary N) is 1. The van der Waals surface area contributed by atoms with Gasteiger partial charge in [-0.25, -0.2) is 18.2 Å². The highest BCUT2D eigenvalue weighted by atomic mass is 35.5. The first-order chi connectivity index (χ1) is 11.7. The second-order valence-electron chi connectivity index (χ2n) is 5.19. The van der Waals surface area contributed by atoms with Gasteiger partial charge in [0.2, 0.25) is 9.84 Å². The predicted molar refractivity (Wildman–Crippen MR) is 97.2 cm³/mol. The molecule has 1 heterocycles. The maximum Gasteiger partial charge on any atom is 0.342 e. The minimum atomic E-state index is -3.91. The fourth-order valence-electron chi connectivity index (χ4n) is 2.01. The normalized spacial score (nSPS) is 12.6. The maximum absolute atomic E-state index is 12.8. The fraction of sp³-hybridized carbons (Fsp3) is 0.250. The Morgan fingerprint density at radius 1 is 1.32 bits per heavy atom. The summed E-state index contributed by atoms with van der Waals surface area (Å²) in [6.07, 6.45) is 0. The number of rotatable bonds is 5. The average molecular weight is 401 g/mol. The van der Waals surface area contributed by atoms with Crippen molar-refractivity contribution in [3.63, 3.8) is 0 Å². The van der Waals surface area contributed by atoms with Crippen molar-refractivity contribution in [3.05, 3.63) is 44.9 Å². The molecule has 0 atom stereocenters. The number of carbonyl (C=O) groups is 1. The van der Waals surface area contributed by atoms with Gasteiger partial charge in [-0.15, -0.1) is 11.3 Å². The highest BCUT2D eigenvalue weighted by Crippen LogP contribution is 2.35. The molecule has 6 nitrogen and oxygen atoms in total. The first kappa shape index (κ1) is 19.4. The number of hydrogen-bond acceptors (Lipinski definition) is 7. The zero-order chi connectivity index (χ0) is 18.8. The molecule has 0 aliphatic heterocycles. The van der Waals surface area contributed by atoms with Crippen LogP contribution in [0.3, 0.4) is 0 Å². The minimum Gasteiger partial charge on any atom is -0.462 e. The van der Waals surface area contributed by atoms with Crippen LogP contribution in [0.5, 0.6) is 0 Å². The number of carbonyl (C=O) groups excluding carboxylic acids is 1. The summed E-state index contributed by atoms with van der Waals surface area (Å²) < 4.78 is 30.4. The van der Waals surface area contributed by atoms with E-state index in [0.29, 0.717) is 0 Å². The monoisotopic (exact) mass is 400 g/mol. The standard InChI is InChI=1S/C16H17ClN2O4S2/c1-4-23-16(20)12(10(3)18)14-19-15(13(17)24-14)25(21,22)11-7-5-9(2)6-8-11/h5-8H,4,18H2,1-3H3/b12-10-. The molecule has 0 amide bonds. The summed E-state index contributed by atoms with van der Waals surface area (Å²) in [6.45, 7) is 5.17. The van der Waals surface area contributed by atoms with E-state index < -0.39 is 15.8 Å². The van der Waals surface area contributed by atoms with Crippen molar-refractivity contribution in [2.24, 2.45) is 5.73 Å². The van der Waals surface area contributed by atoms with E-state index in [-0.39, 0.29) is 37.1 Å². The number of benzene rings is 1. The number of allylic oxidation sites excluding steroid dienone is 1. The van der Waals surface area contributed by atoms with Gasteiger partial charge >= 0.3 is 5.97 Å². The molecule has 9 heteroatoms. The maximum atomic E-state index is 12.8. The van der Waals surface area contributed by atoms with Crippen LogP contribution in [0.2, 0.25) is 4.34 Å². The number of thiazole rings is 1. The summed E-state index contributed by atoms with van der Waals surface area (Å²) in [7, 11) is -3.91. The van der Waals surface area contributed by atoms with Crippen molar-refractivity contribution in [1.29, 1.82) is 0 Å². The van der Waals surface area contributed by atoms with E-state index in [4.69, 9.17) is 22.1 Å². The Kier molecular flexibility index (Phi) is 5.87. The van der Waals surface area contributed by atoms with Crippen molar-refractivity contribution in [2.75, 3.05) is 6.61 Å². The lowest BCUT2D eigenvalue weighted by atomic mass is 10.2. The third kappa shape index (κ3) is 4.02. The van der Waals surface area contributed by atoms with E-state index in [0.717, 1.165) is 16.9 Å². The Balaban J connectivity index is 2.54. The third-order valence-electron chi connectivity index (χ3n) is 3.23. The molecule has 0 aliphatic carbocycles. The van der Waals surface area contributed by atoms with Crippen LogP contribution in [0.15, 0.2) is 39.9 Å². The molecule has 0 aliphatic rings. The van der Waals surface area contributed by atoms with Gasteiger partial charge in [-0.05, 0) is 32.9 Å². The van der Waals surface area contributed by atoms with E-state index >= 15 is 0 Å². The van der Waals surface area contributed by atoms with Gasteiger partial charge in [-0.1, -0.05) is 29.3 Å². The second kappa shape index (κ2) is 7.55. The number of nitrogens with zero attached hydrogens (tertiary/aromatic N) is 1. The Labute approximate surface area is 155 Å². The number of esters is 1. The number of ether oxygens (including phenoxy) is 1. The molecule has 1 aromatic heterocycles. The predicted octanol–water partition coefficient (Wildman–Crippen LogP) is 3.19. The lowest BCUT2D eigenvalue weighted by molar-refractivity contribution is -0.136. The van der Waals surface area contributed by atoms with Gasteiger partial charge in [-0.2, -0.15) is 0 Å².